The second-order valence-corrected chi connectivity index (χ2v) is 5.86. The number of thioether (sulfide) groups is 1. The highest BCUT2D eigenvalue weighted by atomic mass is 32.2. The quantitative estimate of drug-likeness (QED) is 0.778. The van der Waals surface area contributed by atoms with E-state index in [9.17, 15) is 0 Å². The first-order valence-electron chi connectivity index (χ1n) is 5.68. The standard InChI is InChI=1S/C11H21NOS/c1-9(11(2)5-3-6-13-11)12-10-4-7-14-8-10/h9-10,12H,3-8H2,1-2H3. The van der Waals surface area contributed by atoms with Gasteiger partial charge in [-0.3, -0.25) is 0 Å². The predicted molar refractivity (Wildman–Crippen MR) is 61.9 cm³/mol. The Balaban J connectivity index is 1.84. The molecule has 0 bridgehead atoms. The second kappa shape index (κ2) is 4.42. The minimum atomic E-state index is 0.0905. The largest absolute Gasteiger partial charge is 0.374 e. The minimum absolute atomic E-state index is 0.0905. The molecular weight excluding hydrogens is 194 g/mol. The van der Waals surface area contributed by atoms with Crippen LogP contribution in [0.25, 0.3) is 0 Å². The first kappa shape index (κ1) is 10.8. The van der Waals surface area contributed by atoms with Gasteiger partial charge in [0.2, 0.25) is 0 Å². The number of hydrogen-bond donors (Lipinski definition) is 1. The third kappa shape index (κ3) is 2.26. The number of rotatable bonds is 3. The number of ether oxygens (including phenoxy) is 1. The van der Waals surface area contributed by atoms with Crippen LogP contribution < -0.4 is 5.32 Å². The van der Waals surface area contributed by atoms with Gasteiger partial charge in [-0.05, 0) is 38.9 Å². The molecule has 3 unspecified atom stereocenters. The molecule has 2 aliphatic heterocycles. The summed E-state index contributed by atoms with van der Waals surface area (Å²) >= 11 is 2.06. The van der Waals surface area contributed by atoms with Gasteiger partial charge in [0.15, 0.2) is 0 Å². The van der Waals surface area contributed by atoms with Crippen LogP contribution in [0.5, 0.6) is 0 Å². The maximum Gasteiger partial charge on any atom is 0.0804 e. The lowest BCUT2D eigenvalue weighted by molar-refractivity contribution is -0.00879. The molecular formula is C11H21NOS. The molecule has 2 fully saturated rings. The van der Waals surface area contributed by atoms with Gasteiger partial charge in [-0.25, -0.2) is 0 Å². The SMILES string of the molecule is CC(NC1CCSC1)C1(C)CCCO1. The van der Waals surface area contributed by atoms with E-state index in [1.807, 2.05) is 0 Å². The summed E-state index contributed by atoms with van der Waals surface area (Å²) in [5.74, 6) is 2.60. The van der Waals surface area contributed by atoms with E-state index in [-0.39, 0.29) is 5.60 Å². The Morgan fingerprint density at radius 1 is 1.57 bits per heavy atom. The van der Waals surface area contributed by atoms with E-state index < -0.39 is 0 Å². The molecule has 0 aliphatic carbocycles. The van der Waals surface area contributed by atoms with E-state index in [2.05, 4.69) is 30.9 Å². The van der Waals surface area contributed by atoms with Gasteiger partial charge >= 0.3 is 0 Å². The van der Waals surface area contributed by atoms with E-state index in [0.717, 1.165) is 12.6 Å². The summed E-state index contributed by atoms with van der Waals surface area (Å²) in [5, 5.41) is 3.72. The molecule has 0 radical (unpaired) electrons. The van der Waals surface area contributed by atoms with E-state index >= 15 is 0 Å². The van der Waals surface area contributed by atoms with Crippen LogP contribution in [0.4, 0.5) is 0 Å². The molecule has 0 amide bonds. The molecule has 0 saturated carbocycles. The van der Waals surface area contributed by atoms with Crippen LogP contribution >= 0.6 is 11.8 Å². The average molecular weight is 215 g/mol. The average Bonchev–Trinajstić information content (AvgIpc) is 2.76. The Labute approximate surface area is 91.2 Å². The number of hydrogen-bond acceptors (Lipinski definition) is 3. The molecule has 2 rings (SSSR count). The van der Waals surface area contributed by atoms with Gasteiger partial charge in [-0.2, -0.15) is 11.8 Å². The van der Waals surface area contributed by atoms with Crippen molar-refractivity contribution in [1.29, 1.82) is 0 Å². The molecule has 1 N–H and O–H groups in total. The summed E-state index contributed by atoms with van der Waals surface area (Å²) in [5.41, 5.74) is 0.0905. The lowest BCUT2D eigenvalue weighted by atomic mass is 9.94. The van der Waals surface area contributed by atoms with Gasteiger partial charge in [0.1, 0.15) is 0 Å². The normalized spacial score (nSPS) is 40.3. The molecule has 0 aromatic heterocycles. The Bertz CT molecular complexity index is 186. The maximum atomic E-state index is 5.84. The fourth-order valence-electron chi connectivity index (χ4n) is 2.34. The van der Waals surface area contributed by atoms with Crippen LogP contribution in [0.15, 0.2) is 0 Å². The fourth-order valence-corrected chi connectivity index (χ4v) is 3.50. The molecule has 2 heterocycles. The molecule has 2 aliphatic rings. The Kier molecular flexibility index (Phi) is 3.40. The lowest BCUT2D eigenvalue weighted by Gasteiger charge is -2.33. The van der Waals surface area contributed by atoms with E-state index in [4.69, 9.17) is 4.74 Å². The maximum absolute atomic E-state index is 5.84. The monoisotopic (exact) mass is 215 g/mol. The lowest BCUT2D eigenvalue weighted by Crippen LogP contribution is -2.50. The Hall–Kier alpha value is 0.270. The van der Waals surface area contributed by atoms with Gasteiger partial charge in [-0.1, -0.05) is 0 Å². The molecule has 3 atom stereocenters. The van der Waals surface area contributed by atoms with Gasteiger partial charge in [0, 0.05) is 24.4 Å². The summed E-state index contributed by atoms with van der Waals surface area (Å²) < 4.78 is 5.84. The van der Waals surface area contributed by atoms with Crippen molar-refractivity contribution in [2.45, 2.75) is 50.8 Å². The molecule has 2 nitrogen and oxygen atoms in total. The summed E-state index contributed by atoms with van der Waals surface area (Å²) in [6, 6.07) is 1.21. The molecule has 0 aromatic rings. The van der Waals surface area contributed by atoms with Crippen molar-refractivity contribution in [2.24, 2.45) is 0 Å². The van der Waals surface area contributed by atoms with Crippen molar-refractivity contribution in [3.05, 3.63) is 0 Å². The molecule has 3 heteroatoms. The highest BCUT2D eigenvalue weighted by Crippen LogP contribution is 2.29. The molecule has 82 valence electrons. The van der Waals surface area contributed by atoms with Gasteiger partial charge in [0.05, 0.1) is 5.60 Å². The molecule has 0 spiro atoms. The topological polar surface area (TPSA) is 21.3 Å². The Morgan fingerprint density at radius 2 is 2.43 bits per heavy atom. The zero-order valence-electron chi connectivity index (χ0n) is 9.21. The molecule has 0 aromatic carbocycles. The van der Waals surface area contributed by atoms with Gasteiger partial charge in [0.25, 0.3) is 0 Å². The van der Waals surface area contributed by atoms with E-state index in [0.29, 0.717) is 6.04 Å². The van der Waals surface area contributed by atoms with E-state index in [1.165, 1.54) is 30.8 Å². The highest BCUT2D eigenvalue weighted by Gasteiger charge is 2.36. The third-order valence-corrected chi connectivity index (χ3v) is 4.74. The van der Waals surface area contributed by atoms with Gasteiger partial charge in [-0.15, -0.1) is 0 Å². The van der Waals surface area contributed by atoms with Crippen molar-refractivity contribution in [2.75, 3.05) is 18.1 Å². The third-order valence-electron chi connectivity index (χ3n) is 3.58. The smallest absolute Gasteiger partial charge is 0.0804 e. The van der Waals surface area contributed by atoms with Crippen LogP contribution in [0, 0.1) is 0 Å². The minimum Gasteiger partial charge on any atom is -0.374 e. The summed E-state index contributed by atoms with van der Waals surface area (Å²) in [6.07, 6.45) is 3.76. The zero-order valence-corrected chi connectivity index (χ0v) is 10.0. The second-order valence-electron chi connectivity index (χ2n) is 4.71. The van der Waals surface area contributed by atoms with Gasteiger partial charge < -0.3 is 10.1 Å². The molecule has 2 saturated heterocycles. The highest BCUT2D eigenvalue weighted by molar-refractivity contribution is 7.99. The summed E-state index contributed by atoms with van der Waals surface area (Å²) in [6.45, 7) is 5.47. The van der Waals surface area contributed by atoms with Crippen LogP contribution in [0.2, 0.25) is 0 Å². The first-order chi connectivity index (χ1) is 6.71. The molecule has 14 heavy (non-hydrogen) atoms. The van der Waals surface area contributed by atoms with Crippen LogP contribution in [-0.2, 0) is 4.74 Å². The van der Waals surface area contributed by atoms with Crippen molar-refractivity contribution < 1.29 is 4.74 Å². The van der Waals surface area contributed by atoms with Crippen molar-refractivity contribution in [3.8, 4) is 0 Å². The van der Waals surface area contributed by atoms with Crippen molar-refractivity contribution in [3.63, 3.8) is 0 Å². The fraction of sp³-hybridized carbons (Fsp3) is 1.00. The van der Waals surface area contributed by atoms with E-state index in [1.54, 1.807) is 0 Å². The van der Waals surface area contributed by atoms with Crippen LogP contribution in [0.3, 0.4) is 0 Å². The summed E-state index contributed by atoms with van der Waals surface area (Å²) in [7, 11) is 0. The van der Waals surface area contributed by atoms with Crippen LogP contribution in [-0.4, -0.2) is 35.8 Å². The predicted octanol–water partition coefficient (Wildman–Crippen LogP) is 2.04. The number of nitrogens with one attached hydrogen (secondary N) is 1. The first-order valence-corrected chi connectivity index (χ1v) is 6.84. The van der Waals surface area contributed by atoms with Crippen molar-refractivity contribution in [1.82, 2.24) is 5.32 Å². The summed E-state index contributed by atoms with van der Waals surface area (Å²) in [4.78, 5) is 0. The Morgan fingerprint density at radius 3 is 3.00 bits per heavy atom. The van der Waals surface area contributed by atoms with Crippen molar-refractivity contribution >= 4 is 11.8 Å². The zero-order chi connectivity index (χ0) is 10.0. The van der Waals surface area contributed by atoms with Crippen LogP contribution in [0.1, 0.15) is 33.1 Å².